The van der Waals surface area contributed by atoms with Gasteiger partial charge in [-0.1, -0.05) is 37.3 Å². The maximum Gasteiger partial charge on any atom is 0.407 e. The molecule has 0 heterocycles. The standard InChI is InChI=1S/C16H25NO3/c1-15(2,3)20-14(19)17-11-16(4,12-18)10-13-8-6-5-7-9-13/h5-9,18H,10-12H2,1-4H3,(H,17,19). The van der Waals surface area contributed by atoms with Gasteiger partial charge in [-0.05, 0) is 32.8 Å². The number of hydrogen-bond acceptors (Lipinski definition) is 3. The van der Waals surface area contributed by atoms with Crippen LogP contribution < -0.4 is 5.32 Å². The lowest BCUT2D eigenvalue weighted by Crippen LogP contribution is -2.41. The largest absolute Gasteiger partial charge is 0.444 e. The Morgan fingerprint density at radius 2 is 1.80 bits per heavy atom. The highest BCUT2D eigenvalue weighted by Gasteiger charge is 2.26. The summed E-state index contributed by atoms with van der Waals surface area (Å²) in [5, 5.41) is 12.3. The van der Waals surface area contributed by atoms with E-state index in [0.29, 0.717) is 13.0 Å². The third-order valence-corrected chi connectivity index (χ3v) is 2.91. The van der Waals surface area contributed by atoms with Gasteiger partial charge >= 0.3 is 6.09 Å². The number of amides is 1. The number of carbonyl (C=O) groups excluding carboxylic acids is 1. The van der Waals surface area contributed by atoms with Gasteiger partial charge < -0.3 is 15.2 Å². The van der Waals surface area contributed by atoms with Crippen LogP contribution in [0.2, 0.25) is 0 Å². The summed E-state index contributed by atoms with van der Waals surface area (Å²) in [5.41, 5.74) is 0.215. The molecule has 0 aliphatic heterocycles. The van der Waals surface area contributed by atoms with Crippen molar-refractivity contribution in [2.75, 3.05) is 13.2 Å². The maximum absolute atomic E-state index is 11.7. The van der Waals surface area contributed by atoms with Crippen molar-refractivity contribution in [1.29, 1.82) is 0 Å². The predicted octanol–water partition coefficient (Wildman–Crippen LogP) is 2.75. The Hall–Kier alpha value is -1.55. The highest BCUT2D eigenvalue weighted by Crippen LogP contribution is 2.21. The third kappa shape index (κ3) is 6.06. The number of hydrogen-bond donors (Lipinski definition) is 2. The number of carbonyl (C=O) groups is 1. The van der Waals surface area contributed by atoms with Crippen LogP contribution in [0.15, 0.2) is 30.3 Å². The van der Waals surface area contributed by atoms with Crippen molar-refractivity contribution in [2.24, 2.45) is 5.41 Å². The highest BCUT2D eigenvalue weighted by molar-refractivity contribution is 5.67. The number of rotatable bonds is 5. The van der Waals surface area contributed by atoms with Gasteiger partial charge in [-0.2, -0.15) is 0 Å². The molecule has 4 heteroatoms. The van der Waals surface area contributed by atoms with Gasteiger partial charge in [0.05, 0.1) is 6.61 Å². The fourth-order valence-corrected chi connectivity index (χ4v) is 1.86. The average Bonchev–Trinajstić information content (AvgIpc) is 2.36. The van der Waals surface area contributed by atoms with Gasteiger partial charge in [0.15, 0.2) is 0 Å². The molecule has 0 aliphatic carbocycles. The van der Waals surface area contributed by atoms with E-state index in [1.165, 1.54) is 0 Å². The van der Waals surface area contributed by atoms with E-state index in [1.807, 2.05) is 58.0 Å². The van der Waals surface area contributed by atoms with Crippen molar-refractivity contribution in [3.8, 4) is 0 Å². The lowest BCUT2D eigenvalue weighted by atomic mass is 9.84. The summed E-state index contributed by atoms with van der Waals surface area (Å²) in [6.45, 7) is 7.77. The predicted molar refractivity (Wildman–Crippen MR) is 79.6 cm³/mol. The normalized spacial score (nSPS) is 14.4. The molecule has 0 aliphatic rings. The Bertz CT molecular complexity index is 425. The molecule has 1 amide bonds. The van der Waals surface area contributed by atoms with Gasteiger partial charge in [0, 0.05) is 12.0 Å². The molecule has 1 unspecified atom stereocenters. The number of nitrogens with one attached hydrogen (secondary N) is 1. The van der Waals surface area contributed by atoms with Crippen LogP contribution in [0.3, 0.4) is 0 Å². The van der Waals surface area contributed by atoms with Gasteiger partial charge in [-0.15, -0.1) is 0 Å². The molecule has 112 valence electrons. The molecule has 0 aromatic heterocycles. The number of ether oxygens (including phenoxy) is 1. The Morgan fingerprint density at radius 3 is 2.30 bits per heavy atom. The van der Waals surface area contributed by atoms with Gasteiger partial charge in [0.1, 0.15) is 5.60 Å². The summed E-state index contributed by atoms with van der Waals surface area (Å²) in [7, 11) is 0. The Morgan fingerprint density at radius 1 is 1.20 bits per heavy atom. The smallest absolute Gasteiger partial charge is 0.407 e. The molecule has 2 N–H and O–H groups in total. The van der Waals surface area contributed by atoms with E-state index in [1.54, 1.807) is 0 Å². The topological polar surface area (TPSA) is 58.6 Å². The molecule has 0 radical (unpaired) electrons. The van der Waals surface area contributed by atoms with E-state index >= 15 is 0 Å². The molecule has 0 saturated heterocycles. The van der Waals surface area contributed by atoms with Crippen molar-refractivity contribution in [1.82, 2.24) is 5.32 Å². The van der Waals surface area contributed by atoms with Gasteiger partial charge in [-0.3, -0.25) is 0 Å². The molecular weight excluding hydrogens is 254 g/mol. The minimum atomic E-state index is -0.515. The number of alkyl carbamates (subject to hydrolysis) is 1. The van der Waals surface area contributed by atoms with Gasteiger partial charge in [0.25, 0.3) is 0 Å². The summed E-state index contributed by atoms with van der Waals surface area (Å²) < 4.78 is 5.20. The van der Waals surface area contributed by atoms with Crippen molar-refractivity contribution < 1.29 is 14.6 Å². The van der Waals surface area contributed by atoms with E-state index in [9.17, 15) is 9.90 Å². The molecular formula is C16H25NO3. The second-order valence-corrected chi connectivity index (χ2v) is 6.49. The average molecular weight is 279 g/mol. The van der Waals surface area contributed by atoms with Crippen LogP contribution in [0.5, 0.6) is 0 Å². The van der Waals surface area contributed by atoms with Gasteiger partial charge in [-0.25, -0.2) is 4.79 Å². The summed E-state index contributed by atoms with van der Waals surface area (Å²) in [5.74, 6) is 0. The zero-order valence-corrected chi connectivity index (χ0v) is 12.8. The second-order valence-electron chi connectivity index (χ2n) is 6.49. The molecule has 0 fully saturated rings. The van der Waals surface area contributed by atoms with Crippen LogP contribution in [0.1, 0.15) is 33.3 Å². The van der Waals surface area contributed by atoms with Crippen LogP contribution in [-0.4, -0.2) is 30.0 Å². The number of benzene rings is 1. The van der Waals surface area contributed by atoms with E-state index in [-0.39, 0.29) is 6.61 Å². The van der Waals surface area contributed by atoms with Crippen molar-refractivity contribution in [2.45, 2.75) is 39.7 Å². The van der Waals surface area contributed by atoms with E-state index in [2.05, 4.69) is 5.32 Å². The monoisotopic (exact) mass is 279 g/mol. The molecule has 0 spiro atoms. The quantitative estimate of drug-likeness (QED) is 0.871. The van der Waals surface area contributed by atoms with Crippen LogP contribution in [0.4, 0.5) is 4.79 Å². The van der Waals surface area contributed by atoms with E-state index < -0.39 is 17.1 Å². The van der Waals surface area contributed by atoms with Gasteiger partial charge in [0.2, 0.25) is 0 Å². The summed E-state index contributed by atoms with van der Waals surface area (Å²) in [4.78, 5) is 11.7. The Kier molecular flexibility index (Phi) is 5.57. The fourth-order valence-electron chi connectivity index (χ4n) is 1.86. The molecule has 20 heavy (non-hydrogen) atoms. The minimum absolute atomic E-state index is 0.00229. The molecule has 0 bridgehead atoms. The van der Waals surface area contributed by atoms with Crippen LogP contribution in [-0.2, 0) is 11.2 Å². The summed E-state index contributed by atoms with van der Waals surface area (Å²) in [6, 6.07) is 9.92. The van der Waals surface area contributed by atoms with Crippen molar-refractivity contribution >= 4 is 6.09 Å². The molecule has 4 nitrogen and oxygen atoms in total. The Balaban J connectivity index is 2.55. The lowest BCUT2D eigenvalue weighted by Gasteiger charge is -2.28. The first kappa shape index (κ1) is 16.5. The van der Waals surface area contributed by atoms with E-state index in [0.717, 1.165) is 5.56 Å². The van der Waals surface area contributed by atoms with Crippen molar-refractivity contribution in [3.63, 3.8) is 0 Å². The zero-order chi connectivity index (χ0) is 15.2. The molecule has 1 atom stereocenters. The molecule has 1 rings (SSSR count). The SMILES string of the molecule is CC(CO)(CNC(=O)OC(C)(C)C)Cc1ccccc1. The lowest BCUT2D eigenvalue weighted by molar-refractivity contribution is 0.0478. The summed E-state index contributed by atoms with van der Waals surface area (Å²) >= 11 is 0. The number of aliphatic hydroxyl groups excluding tert-OH is 1. The first-order valence-corrected chi connectivity index (χ1v) is 6.86. The van der Waals surface area contributed by atoms with E-state index in [4.69, 9.17) is 4.74 Å². The maximum atomic E-state index is 11.7. The molecule has 1 aromatic carbocycles. The summed E-state index contributed by atoms with van der Waals surface area (Å²) in [6.07, 6.45) is 0.241. The fraction of sp³-hybridized carbons (Fsp3) is 0.562. The second kappa shape index (κ2) is 6.75. The van der Waals surface area contributed by atoms with Crippen LogP contribution in [0.25, 0.3) is 0 Å². The Labute approximate surface area is 121 Å². The number of aliphatic hydroxyl groups is 1. The first-order chi connectivity index (χ1) is 9.24. The zero-order valence-electron chi connectivity index (χ0n) is 12.8. The molecule has 1 aromatic rings. The van der Waals surface area contributed by atoms with Crippen molar-refractivity contribution in [3.05, 3.63) is 35.9 Å². The first-order valence-electron chi connectivity index (χ1n) is 6.86. The van der Waals surface area contributed by atoms with Crippen LogP contribution in [0, 0.1) is 5.41 Å². The molecule has 0 saturated carbocycles. The highest BCUT2D eigenvalue weighted by atomic mass is 16.6. The van der Waals surface area contributed by atoms with Crippen LogP contribution >= 0.6 is 0 Å². The third-order valence-electron chi connectivity index (χ3n) is 2.91. The minimum Gasteiger partial charge on any atom is -0.444 e.